The van der Waals surface area contributed by atoms with Crippen LogP contribution >= 0.6 is 11.6 Å². The summed E-state index contributed by atoms with van der Waals surface area (Å²) in [5.41, 5.74) is 2.37. The molecule has 3 aromatic rings. The second-order valence-corrected chi connectivity index (χ2v) is 7.76. The van der Waals surface area contributed by atoms with Crippen LogP contribution in [0.5, 0.6) is 6.01 Å². The number of ether oxygens (including phenoxy) is 2. The fraction of sp³-hybridized carbons (Fsp3) is 0.217. The van der Waals surface area contributed by atoms with Gasteiger partial charge in [-0.1, -0.05) is 54.1 Å². The van der Waals surface area contributed by atoms with E-state index in [1.807, 2.05) is 42.5 Å². The first-order chi connectivity index (χ1) is 16.2. The fourth-order valence-corrected chi connectivity index (χ4v) is 3.61. The highest BCUT2D eigenvalue weighted by Crippen LogP contribution is 2.33. The molecule has 0 amide bonds. The molecule has 2 heterocycles. The number of nitrogens with zero attached hydrogens (tertiary/aromatic N) is 4. The summed E-state index contributed by atoms with van der Waals surface area (Å²) in [6.07, 6.45) is -3.51. The van der Waals surface area contributed by atoms with Crippen LogP contribution in [0.25, 0.3) is 0 Å². The van der Waals surface area contributed by atoms with Gasteiger partial charge in [-0.15, -0.1) is 0 Å². The Kier molecular flexibility index (Phi) is 6.69. The maximum atomic E-state index is 12.6. The molecule has 0 saturated heterocycles. The van der Waals surface area contributed by atoms with Crippen LogP contribution in [-0.4, -0.2) is 48.1 Å². The molecule has 2 aromatic carbocycles. The van der Waals surface area contributed by atoms with Gasteiger partial charge in [0.05, 0.1) is 25.6 Å². The zero-order chi connectivity index (χ0) is 24.3. The van der Waals surface area contributed by atoms with Crippen LogP contribution in [-0.2, 0) is 4.74 Å². The summed E-state index contributed by atoms with van der Waals surface area (Å²) < 4.78 is 47.3. The summed E-state index contributed by atoms with van der Waals surface area (Å²) >= 11 is 6.03. The van der Waals surface area contributed by atoms with Gasteiger partial charge in [-0.25, -0.2) is 14.8 Å². The molecule has 34 heavy (non-hydrogen) atoms. The monoisotopic (exact) mass is 490 g/mol. The van der Waals surface area contributed by atoms with Crippen LogP contribution < -0.4 is 9.75 Å². The van der Waals surface area contributed by atoms with Gasteiger partial charge in [-0.2, -0.15) is 23.3 Å². The standard InChI is InChI=1S/C23H18ClF3N4O3/c1-33-21(32)17-11-28-22(34-13-23(25,26)27)29-20(17)31-12-18(14-5-3-2-4-6-14)19(30-31)15-7-9-16(24)10-8-15/h2-11,18H,12-13H2,1H3. The number of methoxy groups -OCH3 is 1. The molecule has 0 aliphatic carbocycles. The van der Waals surface area contributed by atoms with Crippen molar-refractivity contribution in [1.29, 1.82) is 0 Å². The predicted octanol–water partition coefficient (Wildman–Crippen LogP) is 4.87. The minimum atomic E-state index is -4.57. The summed E-state index contributed by atoms with van der Waals surface area (Å²) in [6, 6.07) is 16.1. The molecule has 0 saturated carbocycles. The largest absolute Gasteiger partial charge is 0.465 e. The van der Waals surface area contributed by atoms with Crippen LogP contribution in [0, 0.1) is 0 Å². The van der Waals surface area contributed by atoms with Crippen molar-refractivity contribution in [3.05, 3.63) is 82.5 Å². The number of halogens is 4. The highest BCUT2D eigenvalue weighted by Gasteiger charge is 2.34. The Morgan fingerprint density at radius 2 is 1.85 bits per heavy atom. The third-order valence-electron chi connectivity index (χ3n) is 5.02. The van der Waals surface area contributed by atoms with Crippen molar-refractivity contribution in [3.63, 3.8) is 0 Å². The number of anilines is 1. The molecule has 1 aliphatic heterocycles. The maximum absolute atomic E-state index is 12.6. The van der Waals surface area contributed by atoms with Crippen molar-refractivity contribution >= 4 is 29.1 Å². The highest BCUT2D eigenvalue weighted by molar-refractivity contribution is 6.30. The molecule has 7 nitrogen and oxygen atoms in total. The average Bonchev–Trinajstić information content (AvgIpc) is 3.28. The number of hydrogen-bond donors (Lipinski definition) is 0. The maximum Gasteiger partial charge on any atom is 0.422 e. The lowest BCUT2D eigenvalue weighted by atomic mass is 9.91. The smallest absolute Gasteiger partial charge is 0.422 e. The summed E-state index contributed by atoms with van der Waals surface area (Å²) in [5, 5.41) is 6.68. The van der Waals surface area contributed by atoms with Gasteiger partial charge in [-0.3, -0.25) is 0 Å². The quantitative estimate of drug-likeness (QED) is 0.459. The number of benzene rings is 2. The first-order valence-electron chi connectivity index (χ1n) is 10.1. The predicted molar refractivity (Wildman–Crippen MR) is 119 cm³/mol. The Morgan fingerprint density at radius 1 is 1.15 bits per heavy atom. The molecule has 4 rings (SSSR count). The molecular weight excluding hydrogens is 473 g/mol. The molecule has 0 fully saturated rings. The summed E-state index contributed by atoms with van der Waals surface area (Å²) in [6.45, 7) is -1.31. The highest BCUT2D eigenvalue weighted by atomic mass is 35.5. The Hall–Kier alpha value is -3.66. The van der Waals surface area contributed by atoms with Crippen molar-refractivity contribution in [2.75, 3.05) is 25.3 Å². The molecule has 11 heteroatoms. The van der Waals surface area contributed by atoms with E-state index in [0.717, 1.165) is 17.3 Å². The minimum Gasteiger partial charge on any atom is -0.465 e. The van der Waals surface area contributed by atoms with Crippen LogP contribution in [0.15, 0.2) is 65.9 Å². The van der Waals surface area contributed by atoms with E-state index in [0.29, 0.717) is 10.7 Å². The molecule has 0 bridgehead atoms. The SMILES string of the molecule is COC(=O)c1cnc(OCC(F)(F)F)nc1N1CC(c2ccccc2)C(c2ccc(Cl)cc2)=N1. The molecule has 0 radical (unpaired) electrons. The third-order valence-corrected chi connectivity index (χ3v) is 5.27. The molecule has 0 spiro atoms. The number of esters is 1. The van der Waals surface area contributed by atoms with Crippen molar-refractivity contribution in [1.82, 2.24) is 9.97 Å². The number of aromatic nitrogens is 2. The molecular formula is C23H18ClF3N4O3. The molecule has 1 unspecified atom stereocenters. The second kappa shape index (κ2) is 9.68. The fourth-order valence-electron chi connectivity index (χ4n) is 3.49. The van der Waals surface area contributed by atoms with E-state index in [1.165, 1.54) is 12.1 Å². The zero-order valence-electron chi connectivity index (χ0n) is 17.8. The van der Waals surface area contributed by atoms with Gasteiger partial charge in [0.2, 0.25) is 0 Å². The topological polar surface area (TPSA) is 76.9 Å². The molecule has 1 aromatic heterocycles. The normalized spacial score (nSPS) is 15.7. The van der Waals surface area contributed by atoms with Crippen LogP contribution in [0.2, 0.25) is 5.02 Å². The molecule has 0 N–H and O–H groups in total. The average molecular weight is 491 g/mol. The minimum absolute atomic E-state index is 0.0241. The van der Waals surface area contributed by atoms with Gasteiger partial charge < -0.3 is 9.47 Å². The van der Waals surface area contributed by atoms with E-state index in [1.54, 1.807) is 12.1 Å². The van der Waals surface area contributed by atoms with Gasteiger partial charge >= 0.3 is 18.2 Å². The van der Waals surface area contributed by atoms with Crippen LogP contribution in [0.1, 0.15) is 27.4 Å². The van der Waals surface area contributed by atoms with Crippen molar-refractivity contribution < 1.29 is 27.4 Å². The first kappa shape index (κ1) is 23.5. The number of hydrazone groups is 1. The van der Waals surface area contributed by atoms with Gasteiger partial charge in [0.25, 0.3) is 0 Å². The summed E-state index contributed by atoms with van der Waals surface area (Å²) in [7, 11) is 1.18. The molecule has 176 valence electrons. The third kappa shape index (κ3) is 5.28. The Morgan fingerprint density at radius 3 is 2.50 bits per heavy atom. The second-order valence-electron chi connectivity index (χ2n) is 7.32. The zero-order valence-corrected chi connectivity index (χ0v) is 18.5. The Balaban J connectivity index is 1.77. The van der Waals surface area contributed by atoms with Gasteiger partial charge in [-0.05, 0) is 23.3 Å². The molecule has 1 atom stereocenters. The number of hydrogen-bond acceptors (Lipinski definition) is 7. The molecule has 1 aliphatic rings. The number of alkyl halides is 3. The lowest BCUT2D eigenvalue weighted by Gasteiger charge is -2.18. The van der Waals surface area contributed by atoms with Crippen molar-refractivity contribution in [2.24, 2.45) is 5.10 Å². The van der Waals surface area contributed by atoms with E-state index in [9.17, 15) is 18.0 Å². The number of rotatable bonds is 6. The Bertz CT molecular complexity index is 1200. The Labute approximate surface area is 197 Å². The first-order valence-corrected chi connectivity index (χ1v) is 10.4. The number of carbonyl (C=O) groups is 1. The van der Waals surface area contributed by atoms with E-state index >= 15 is 0 Å². The van der Waals surface area contributed by atoms with Crippen molar-refractivity contribution in [2.45, 2.75) is 12.1 Å². The van der Waals surface area contributed by atoms with E-state index < -0.39 is 24.8 Å². The van der Waals surface area contributed by atoms with Crippen LogP contribution in [0.4, 0.5) is 19.0 Å². The lowest BCUT2D eigenvalue weighted by molar-refractivity contribution is -0.154. The van der Waals surface area contributed by atoms with Crippen molar-refractivity contribution in [3.8, 4) is 6.01 Å². The van der Waals surface area contributed by atoms with E-state index in [2.05, 4.69) is 19.8 Å². The van der Waals surface area contributed by atoms with Gasteiger partial charge in [0, 0.05) is 10.9 Å². The lowest BCUT2D eigenvalue weighted by Crippen LogP contribution is -2.24. The summed E-state index contributed by atoms with van der Waals surface area (Å²) in [4.78, 5) is 20.1. The summed E-state index contributed by atoms with van der Waals surface area (Å²) in [5.74, 6) is -1.00. The van der Waals surface area contributed by atoms with Crippen LogP contribution in [0.3, 0.4) is 0 Å². The van der Waals surface area contributed by atoms with Gasteiger partial charge in [0.15, 0.2) is 12.4 Å². The number of carbonyl (C=O) groups excluding carboxylic acids is 1. The van der Waals surface area contributed by atoms with Gasteiger partial charge in [0.1, 0.15) is 5.56 Å². The van der Waals surface area contributed by atoms with E-state index in [-0.39, 0.29) is 23.8 Å². The van der Waals surface area contributed by atoms with E-state index in [4.69, 9.17) is 16.3 Å².